The Bertz CT molecular complexity index is 763. The SMILES string of the molecule is Cc1nn(C)c(C)c1NC(=O)CN1C(=O)C(=O)N(C2CCCC2)C1=O. The lowest BCUT2D eigenvalue weighted by Gasteiger charge is -2.20. The Balaban J connectivity index is 1.71. The molecule has 134 valence electrons. The monoisotopic (exact) mass is 347 g/mol. The van der Waals surface area contributed by atoms with E-state index in [2.05, 4.69) is 10.4 Å². The molecule has 2 heterocycles. The molecule has 2 fully saturated rings. The molecule has 0 radical (unpaired) electrons. The summed E-state index contributed by atoms with van der Waals surface area (Å²) in [6.45, 7) is 3.06. The molecule has 0 unspecified atom stereocenters. The zero-order chi connectivity index (χ0) is 18.3. The highest BCUT2D eigenvalue weighted by Crippen LogP contribution is 2.27. The Kier molecular flexibility index (Phi) is 4.32. The molecule has 5 amide bonds. The van der Waals surface area contributed by atoms with Crippen LogP contribution < -0.4 is 5.32 Å². The van der Waals surface area contributed by atoms with E-state index in [0.717, 1.165) is 28.3 Å². The second-order valence-corrected chi connectivity index (χ2v) is 6.50. The lowest BCUT2D eigenvalue weighted by Crippen LogP contribution is -2.41. The molecule has 1 aromatic heterocycles. The van der Waals surface area contributed by atoms with Gasteiger partial charge in [0, 0.05) is 13.1 Å². The number of imide groups is 2. The summed E-state index contributed by atoms with van der Waals surface area (Å²) in [5, 5.41) is 6.86. The van der Waals surface area contributed by atoms with E-state index in [1.165, 1.54) is 0 Å². The van der Waals surface area contributed by atoms with Crippen LogP contribution in [0, 0.1) is 13.8 Å². The first-order valence-corrected chi connectivity index (χ1v) is 8.30. The van der Waals surface area contributed by atoms with Crippen molar-refractivity contribution in [3.63, 3.8) is 0 Å². The van der Waals surface area contributed by atoms with Gasteiger partial charge >= 0.3 is 17.8 Å². The van der Waals surface area contributed by atoms with Crippen LogP contribution in [0.1, 0.15) is 37.1 Å². The van der Waals surface area contributed by atoms with Gasteiger partial charge in [-0.05, 0) is 26.7 Å². The maximum absolute atomic E-state index is 12.5. The largest absolute Gasteiger partial charge is 0.334 e. The lowest BCUT2D eigenvalue weighted by molar-refractivity contribution is -0.144. The highest BCUT2D eigenvalue weighted by Gasteiger charge is 2.48. The number of aryl methyl sites for hydroxylation is 2. The van der Waals surface area contributed by atoms with Crippen molar-refractivity contribution in [1.82, 2.24) is 19.6 Å². The second kappa shape index (κ2) is 6.30. The summed E-state index contributed by atoms with van der Waals surface area (Å²) >= 11 is 0. The van der Waals surface area contributed by atoms with Crippen LogP contribution in [0.4, 0.5) is 10.5 Å². The Morgan fingerprint density at radius 1 is 1.16 bits per heavy atom. The van der Waals surface area contributed by atoms with Crippen LogP contribution in [-0.4, -0.2) is 55.9 Å². The summed E-state index contributed by atoms with van der Waals surface area (Å²) in [7, 11) is 1.75. The van der Waals surface area contributed by atoms with Gasteiger partial charge in [0.25, 0.3) is 0 Å². The molecule has 1 N–H and O–H groups in total. The molecule has 3 rings (SSSR count). The van der Waals surface area contributed by atoms with E-state index in [9.17, 15) is 19.2 Å². The van der Waals surface area contributed by atoms with Crippen molar-refractivity contribution in [2.24, 2.45) is 7.05 Å². The number of anilines is 1. The van der Waals surface area contributed by atoms with Gasteiger partial charge < -0.3 is 5.32 Å². The van der Waals surface area contributed by atoms with E-state index in [-0.39, 0.29) is 6.04 Å². The molecule has 25 heavy (non-hydrogen) atoms. The Morgan fingerprint density at radius 2 is 1.80 bits per heavy atom. The Labute approximate surface area is 144 Å². The highest BCUT2D eigenvalue weighted by atomic mass is 16.2. The fraction of sp³-hybridized carbons (Fsp3) is 0.562. The topological polar surface area (TPSA) is 105 Å². The van der Waals surface area contributed by atoms with E-state index < -0.39 is 30.3 Å². The van der Waals surface area contributed by atoms with E-state index in [4.69, 9.17) is 0 Å². The van der Waals surface area contributed by atoms with Crippen molar-refractivity contribution in [3.8, 4) is 0 Å². The number of urea groups is 1. The third-order valence-electron chi connectivity index (χ3n) is 4.85. The van der Waals surface area contributed by atoms with Crippen molar-refractivity contribution in [2.45, 2.75) is 45.6 Å². The summed E-state index contributed by atoms with van der Waals surface area (Å²) in [4.78, 5) is 50.7. The number of hydrogen-bond donors (Lipinski definition) is 1. The predicted molar refractivity (Wildman–Crippen MR) is 87.5 cm³/mol. The minimum atomic E-state index is -0.938. The van der Waals surface area contributed by atoms with Gasteiger partial charge in [0.05, 0.1) is 17.1 Å². The van der Waals surface area contributed by atoms with E-state index >= 15 is 0 Å². The number of amides is 5. The van der Waals surface area contributed by atoms with Gasteiger partial charge in [-0.2, -0.15) is 5.10 Å². The van der Waals surface area contributed by atoms with Gasteiger partial charge in [-0.25, -0.2) is 9.69 Å². The molecule has 0 aromatic carbocycles. The molecule has 0 atom stereocenters. The smallest absolute Gasteiger partial charge is 0.321 e. The van der Waals surface area contributed by atoms with Gasteiger partial charge in [-0.3, -0.25) is 24.0 Å². The van der Waals surface area contributed by atoms with E-state index in [0.29, 0.717) is 24.2 Å². The van der Waals surface area contributed by atoms with Crippen LogP contribution in [-0.2, 0) is 21.4 Å². The van der Waals surface area contributed by atoms with Gasteiger partial charge in [-0.1, -0.05) is 12.8 Å². The third-order valence-corrected chi connectivity index (χ3v) is 4.85. The van der Waals surface area contributed by atoms with E-state index in [1.807, 2.05) is 0 Å². The number of nitrogens with zero attached hydrogens (tertiary/aromatic N) is 4. The van der Waals surface area contributed by atoms with E-state index in [1.54, 1.807) is 25.6 Å². The Morgan fingerprint density at radius 3 is 2.36 bits per heavy atom. The van der Waals surface area contributed by atoms with Gasteiger partial charge in [0.1, 0.15) is 6.54 Å². The van der Waals surface area contributed by atoms with Gasteiger partial charge in [0.2, 0.25) is 5.91 Å². The van der Waals surface area contributed by atoms with Crippen LogP contribution in [0.25, 0.3) is 0 Å². The molecule has 1 aliphatic heterocycles. The standard InChI is InChI=1S/C16H21N5O4/c1-9-13(10(2)19(3)18-9)17-12(22)8-20-14(23)15(24)21(16(20)25)11-6-4-5-7-11/h11H,4-8H2,1-3H3,(H,17,22). The first kappa shape index (κ1) is 17.1. The molecule has 9 nitrogen and oxygen atoms in total. The Hall–Kier alpha value is -2.71. The maximum Gasteiger partial charge on any atom is 0.334 e. The number of aromatic nitrogens is 2. The fourth-order valence-corrected chi connectivity index (χ4v) is 3.42. The average molecular weight is 347 g/mol. The van der Waals surface area contributed by atoms with Gasteiger partial charge in [-0.15, -0.1) is 0 Å². The van der Waals surface area contributed by atoms with Crippen LogP contribution >= 0.6 is 0 Å². The lowest BCUT2D eigenvalue weighted by atomic mass is 10.2. The molecule has 1 aliphatic carbocycles. The quantitative estimate of drug-likeness (QED) is 0.638. The summed E-state index contributed by atoms with van der Waals surface area (Å²) in [5.74, 6) is -2.31. The summed E-state index contributed by atoms with van der Waals surface area (Å²) in [6, 6.07) is -0.934. The number of nitrogens with one attached hydrogen (secondary N) is 1. The van der Waals surface area contributed by atoms with Crippen molar-refractivity contribution in [1.29, 1.82) is 0 Å². The van der Waals surface area contributed by atoms with Crippen LogP contribution in [0.2, 0.25) is 0 Å². The molecule has 1 saturated heterocycles. The van der Waals surface area contributed by atoms with Crippen LogP contribution in [0.5, 0.6) is 0 Å². The maximum atomic E-state index is 12.5. The summed E-state index contributed by atoms with van der Waals surface area (Å²) < 4.78 is 1.63. The fourth-order valence-electron chi connectivity index (χ4n) is 3.42. The molecule has 1 saturated carbocycles. The van der Waals surface area contributed by atoms with Crippen molar-refractivity contribution in [3.05, 3.63) is 11.4 Å². The van der Waals surface area contributed by atoms with Crippen LogP contribution in [0.15, 0.2) is 0 Å². The van der Waals surface area contributed by atoms with Crippen molar-refractivity contribution in [2.75, 3.05) is 11.9 Å². The predicted octanol–water partition coefficient (Wildman–Crippen LogP) is 0.709. The second-order valence-electron chi connectivity index (χ2n) is 6.50. The molecule has 2 aliphatic rings. The molecule has 0 bridgehead atoms. The molecular weight excluding hydrogens is 326 g/mol. The number of carbonyl (C=O) groups is 4. The minimum Gasteiger partial charge on any atom is -0.321 e. The number of hydrogen-bond acceptors (Lipinski definition) is 5. The average Bonchev–Trinajstić information content (AvgIpc) is 3.21. The van der Waals surface area contributed by atoms with Crippen LogP contribution in [0.3, 0.4) is 0 Å². The summed E-state index contributed by atoms with van der Waals surface area (Å²) in [5.41, 5.74) is 1.94. The number of rotatable bonds is 4. The third kappa shape index (κ3) is 2.90. The van der Waals surface area contributed by atoms with Crippen molar-refractivity contribution < 1.29 is 19.2 Å². The molecular formula is C16H21N5O4. The molecule has 9 heteroatoms. The molecule has 0 spiro atoms. The first-order valence-electron chi connectivity index (χ1n) is 8.30. The van der Waals surface area contributed by atoms with Gasteiger partial charge in [0.15, 0.2) is 0 Å². The highest BCUT2D eigenvalue weighted by molar-refractivity contribution is 6.45. The summed E-state index contributed by atoms with van der Waals surface area (Å²) in [6.07, 6.45) is 3.27. The first-order chi connectivity index (χ1) is 11.8. The minimum absolute atomic E-state index is 0.236. The number of carbonyl (C=O) groups excluding carboxylic acids is 4. The normalized spacial score (nSPS) is 18.6. The molecule has 1 aromatic rings. The van der Waals surface area contributed by atoms with Crippen molar-refractivity contribution >= 4 is 29.4 Å². The zero-order valence-corrected chi connectivity index (χ0v) is 14.5. The zero-order valence-electron chi connectivity index (χ0n) is 14.5.